The van der Waals surface area contributed by atoms with Gasteiger partial charge in [0.25, 0.3) is 0 Å². The summed E-state index contributed by atoms with van der Waals surface area (Å²) in [6.07, 6.45) is -4.39. The molecule has 0 aromatic heterocycles. The van der Waals surface area contributed by atoms with E-state index in [1.807, 2.05) is 0 Å². The summed E-state index contributed by atoms with van der Waals surface area (Å²) in [5.41, 5.74) is 6.05. The van der Waals surface area contributed by atoms with Crippen molar-refractivity contribution in [2.45, 2.75) is 6.18 Å². The van der Waals surface area contributed by atoms with Crippen molar-refractivity contribution in [3.05, 3.63) is 23.8 Å². The summed E-state index contributed by atoms with van der Waals surface area (Å²) in [5, 5.41) is 0. The molecule has 1 rings (SSSR count). The maximum Gasteiger partial charge on any atom is 0.411 e. The Kier molecular flexibility index (Phi) is 5.63. The fourth-order valence-electron chi connectivity index (χ4n) is 1.33. The number of ether oxygens (including phenoxy) is 3. The molecule has 0 unspecified atom stereocenters. The number of alkyl halides is 3. The molecule has 0 saturated heterocycles. The molecule has 0 atom stereocenters. The number of benzene rings is 1. The number of hydrogen-bond donors (Lipinski definition) is 1. The number of nitrogen functional groups attached to an aromatic ring is 1. The van der Waals surface area contributed by atoms with Crippen LogP contribution in [-0.4, -0.2) is 39.1 Å². The summed E-state index contributed by atoms with van der Waals surface area (Å²) in [6.45, 7) is -1.99. The average molecular weight is 293 g/mol. The molecule has 0 radical (unpaired) electrons. The van der Waals surface area contributed by atoms with Crippen LogP contribution < -0.4 is 10.5 Å². The molecular formula is C12H14F3NO4. The smallest absolute Gasteiger partial charge is 0.411 e. The zero-order valence-electron chi connectivity index (χ0n) is 10.7. The number of methoxy groups -OCH3 is 1. The molecule has 0 amide bonds. The van der Waals surface area contributed by atoms with E-state index in [0.717, 1.165) is 0 Å². The Hall–Kier alpha value is -1.96. The molecule has 0 bridgehead atoms. The molecule has 0 aliphatic rings. The van der Waals surface area contributed by atoms with Crippen LogP contribution in [0.4, 0.5) is 18.9 Å². The molecule has 0 fully saturated rings. The number of rotatable bonds is 6. The van der Waals surface area contributed by atoms with Gasteiger partial charge in [-0.15, -0.1) is 0 Å². The van der Waals surface area contributed by atoms with Crippen molar-refractivity contribution in [2.24, 2.45) is 0 Å². The lowest BCUT2D eigenvalue weighted by Crippen LogP contribution is -2.19. The van der Waals surface area contributed by atoms with E-state index in [1.54, 1.807) is 0 Å². The summed E-state index contributed by atoms with van der Waals surface area (Å²) in [7, 11) is 1.43. The van der Waals surface area contributed by atoms with Gasteiger partial charge >= 0.3 is 12.1 Å². The molecule has 0 spiro atoms. The first-order chi connectivity index (χ1) is 9.33. The highest BCUT2D eigenvalue weighted by Crippen LogP contribution is 2.22. The third-order valence-corrected chi connectivity index (χ3v) is 2.19. The van der Waals surface area contributed by atoms with Gasteiger partial charge in [-0.25, -0.2) is 4.79 Å². The second-order valence-corrected chi connectivity index (χ2v) is 3.76. The maximum atomic E-state index is 11.8. The fraction of sp³-hybridized carbons (Fsp3) is 0.417. The molecule has 1 aromatic rings. The highest BCUT2D eigenvalue weighted by Gasteiger charge is 2.27. The maximum absolute atomic E-state index is 11.8. The summed E-state index contributed by atoms with van der Waals surface area (Å²) >= 11 is 0. The molecule has 1 aromatic carbocycles. The van der Waals surface area contributed by atoms with Crippen LogP contribution in [0.2, 0.25) is 0 Å². The Balaban J connectivity index is 2.38. The van der Waals surface area contributed by atoms with Crippen LogP contribution in [0.5, 0.6) is 5.75 Å². The van der Waals surface area contributed by atoms with Crippen LogP contribution in [0.15, 0.2) is 18.2 Å². The Morgan fingerprint density at radius 3 is 2.55 bits per heavy atom. The Labute approximate surface area is 113 Å². The van der Waals surface area contributed by atoms with Gasteiger partial charge in [-0.05, 0) is 18.2 Å². The van der Waals surface area contributed by atoms with Gasteiger partial charge in [-0.2, -0.15) is 13.2 Å². The average Bonchev–Trinajstić information content (AvgIpc) is 2.36. The molecule has 2 N–H and O–H groups in total. The third-order valence-electron chi connectivity index (χ3n) is 2.19. The zero-order valence-corrected chi connectivity index (χ0v) is 10.7. The first-order valence-electron chi connectivity index (χ1n) is 5.58. The second kappa shape index (κ2) is 6.99. The Morgan fingerprint density at radius 1 is 1.30 bits per heavy atom. The Bertz CT molecular complexity index is 463. The van der Waals surface area contributed by atoms with Gasteiger partial charge in [0.15, 0.2) is 0 Å². The molecule has 112 valence electrons. The predicted octanol–water partition coefficient (Wildman–Crippen LogP) is 2.01. The van der Waals surface area contributed by atoms with Gasteiger partial charge in [0.05, 0.1) is 25.0 Å². The first kappa shape index (κ1) is 16.1. The van der Waals surface area contributed by atoms with Crippen molar-refractivity contribution in [1.82, 2.24) is 0 Å². The summed E-state index contributed by atoms with van der Waals surface area (Å²) < 4.78 is 49.3. The van der Waals surface area contributed by atoms with E-state index < -0.39 is 18.8 Å². The minimum atomic E-state index is -4.39. The minimum absolute atomic E-state index is 0.180. The second-order valence-electron chi connectivity index (χ2n) is 3.76. The number of carbonyl (C=O) groups is 1. The van der Waals surface area contributed by atoms with Crippen LogP contribution in [0.1, 0.15) is 10.4 Å². The van der Waals surface area contributed by atoms with Crippen molar-refractivity contribution in [2.75, 3.05) is 32.7 Å². The van der Waals surface area contributed by atoms with Crippen LogP contribution in [0.25, 0.3) is 0 Å². The van der Waals surface area contributed by atoms with Gasteiger partial charge in [-0.1, -0.05) is 0 Å². The van der Waals surface area contributed by atoms with Gasteiger partial charge < -0.3 is 19.9 Å². The van der Waals surface area contributed by atoms with E-state index in [4.69, 9.17) is 15.2 Å². The summed E-state index contributed by atoms with van der Waals surface area (Å²) in [5.74, 6) is -0.287. The monoisotopic (exact) mass is 293 g/mol. The lowest BCUT2D eigenvalue weighted by molar-refractivity contribution is -0.175. The molecule has 0 heterocycles. The fourth-order valence-corrected chi connectivity index (χ4v) is 1.33. The van der Waals surface area contributed by atoms with E-state index in [0.29, 0.717) is 5.75 Å². The van der Waals surface area contributed by atoms with Gasteiger partial charge in [0.2, 0.25) is 0 Å². The molecule has 20 heavy (non-hydrogen) atoms. The molecule has 8 heteroatoms. The first-order valence-corrected chi connectivity index (χ1v) is 5.58. The van der Waals surface area contributed by atoms with Crippen LogP contribution >= 0.6 is 0 Å². The molecule has 0 aliphatic heterocycles. The number of esters is 1. The third kappa shape index (κ3) is 5.35. The quantitative estimate of drug-likeness (QED) is 0.493. The van der Waals surface area contributed by atoms with E-state index in [-0.39, 0.29) is 24.5 Å². The number of hydrogen-bond acceptors (Lipinski definition) is 5. The molecular weight excluding hydrogens is 279 g/mol. The summed E-state index contributed by atoms with van der Waals surface area (Å²) in [6, 6.07) is 4.29. The number of nitrogens with two attached hydrogens (primary N) is 1. The van der Waals surface area contributed by atoms with Gasteiger partial charge in [0, 0.05) is 0 Å². The van der Waals surface area contributed by atoms with Crippen LogP contribution in [0, 0.1) is 0 Å². The normalized spacial score (nSPS) is 11.2. The van der Waals surface area contributed by atoms with E-state index >= 15 is 0 Å². The lowest BCUT2D eigenvalue weighted by Gasteiger charge is -2.09. The van der Waals surface area contributed by atoms with Gasteiger partial charge in [0.1, 0.15) is 19.0 Å². The topological polar surface area (TPSA) is 70.8 Å². The standard InChI is InChI=1S/C12H14F3NO4/c1-18-10-3-2-8(6-9(10)16)11(17)20-5-4-19-7-12(13,14)15/h2-3,6H,4-5,7,16H2,1H3. The Morgan fingerprint density at radius 2 is 2.00 bits per heavy atom. The van der Waals surface area contributed by atoms with E-state index in [9.17, 15) is 18.0 Å². The number of anilines is 1. The van der Waals surface area contributed by atoms with Gasteiger partial charge in [-0.3, -0.25) is 0 Å². The SMILES string of the molecule is COc1ccc(C(=O)OCCOCC(F)(F)F)cc1N. The summed E-state index contributed by atoms with van der Waals surface area (Å²) in [4.78, 5) is 11.6. The highest BCUT2D eigenvalue weighted by molar-refractivity contribution is 5.91. The molecule has 0 saturated carbocycles. The zero-order chi connectivity index (χ0) is 15.2. The van der Waals surface area contributed by atoms with Crippen molar-refractivity contribution in [1.29, 1.82) is 0 Å². The largest absolute Gasteiger partial charge is 0.495 e. The van der Waals surface area contributed by atoms with Crippen molar-refractivity contribution < 1.29 is 32.2 Å². The molecule has 5 nitrogen and oxygen atoms in total. The molecule has 0 aliphatic carbocycles. The van der Waals surface area contributed by atoms with Crippen molar-refractivity contribution >= 4 is 11.7 Å². The van der Waals surface area contributed by atoms with Crippen LogP contribution in [0.3, 0.4) is 0 Å². The lowest BCUT2D eigenvalue weighted by atomic mass is 10.2. The van der Waals surface area contributed by atoms with Crippen molar-refractivity contribution in [3.63, 3.8) is 0 Å². The number of carbonyl (C=O) groups excluding carboxylic acids is 1. The minimum Gasteiger partial charge on any atom is -0.495 e. The predicted molar refractivity (Wildman–Crippen MR) is 64.6 cm³/mol. The van der Waals surface area contributed by atoms with E-state index in [1.165, 1.54) is 25.3 Å². The van der Waals surface area contributed by atoms with Crippen molar-refractivity contribution in [3.8, 4) is 5.75 Å². The number of halogens is 3. The van der Waals surface area contributed by atoms with E-state index in [2.05, 4.69) is 4.74 Å². The highest BCUT2D eigenvalue weighted by atomic mass is 19.4. The van der Waals surface area contributed by atoms with Crippen LogP contribution in [-0.2, 0) is 9.47 Å².